The second-order valence-corrected chi connectivity index (χ2v) is 14.6. The highest BCUT2D eigenvalue weighted by Gasteiger charge is 2.53. The van der Waals surface area contributed by atoms with Gasteiger partial charge in [-0.05, 0) is 44.0 Å². The van der Waals surface area contributed by atoms with Crippen molar-refractivity contribution in [1.29, 1.82) is 0 Å². The van der Waals surface area contributed by atoms with Crippen LogP contribution in [0.3, 0.4) is 0 Å². The largest absolute Gasteiger partial charge is 0.227 e. The molecule has 3 heteroatoms. The molecule has 0 saturated carbocycles. The standard InChI is InChI=1S/C24H40O2S/c1-21(2,3)15-13-17-19(23(7,8)9)20(24(10,11)12)18(27(17,25)26)14-16(15)22(4,5)6/h13-14,17-18H,1-12H3. The minimum Gasteiger partial charge on any atom is -0.227 e. The number of hydrogen-bond donors (Lipinski definition) is 0. The third-order valence-corrected chi connectivity index (χ3v) is 7.88. The minimum atomic E-state index is -3.34. The summed E-state index contributed by atoms with van der Waals surface area (Å²) in [7, 11) is -3.34. The van der Waals surface area contributed by atoms with Crippen LogP contribution in [0.5, 0.6) is 0 Å². The van der Waals surface area contributed by atoms with Crippen LogP contribution in [0.25, 0.3) is 0 Å². The van der Waals surface area contributed by atoms with Gasteiger partial charge in [-0.1, -0.05) is 95.2 Å². The molecule has 0 amide bonds. The van der Waals surface area contributed by atoms with E-state index in [2.05, 4.69) is 95.2 Å². The molecule has 0 radical (unpaired) electrons. The van der Waals surface area contributed by atoms with E-state index in [0.29, 0.717) is 0 Å². The van der Waals surface area contributed by atoms with E-state index in [-0.39, 0.29) is 21.7 Å². The summed E-state index contributed by atoms with van der Waals surface area (Å²) >= 11 is 0. The third-order valence-electron chi connectivity index (χ3n) is 5.73. The van der Waals surface area contributed by atoms with Gasteiger partial charge in [-0.2, -0.15) is 0 Å². The molecule has 0 fully saturated rings. The fourth-order valence-electron chi connectivity index (χ4n) is 4.60. The summed E-state index contributed by atoms with van der Waals surface area (Å²) in [5.41, 5.74) is 3.97. The van der Waals surface area contributed by atoms with E-state index in [0.717, 1.165) is 11.1 Å². The van der Waals surface area contributed by atoms with Gasteiger partial charge in [0.15, 0.2) is 9.84 Å². The normalized spacial score (nSPS) is 26.7. The maximum atomic E-state index is 13.7. The first-order valence-electron chi connectivity index (χ1n) is 10.1. The maximum Gasteiger partial charge on any atom is 0.170 e. The van der Waals surface area contributed by atoms with E-state index < -0.39 is 20.3 Å². The Balaban J connectivity index is 3.02. The van der Waals surface area contributed by atoms with Crippen molar-refractivity contribution in [3.8, 4) is 0 Å². The summed E-state index contributed by atoms with van der Waals surface area (Å²) in [5.74, 6) is 0. The van der Waals surface area contributed by atoms with Gasteiger partial charge < -0.3 is 0 Å². The monoisotopic (exact) mass is 392 g/mol. The summed E-state index contributed by atoms with van der Waals surface area (Å²) in [6.07, 6.45) is 4.18. The summed E-state index contributed by atoms with van der Waals surface area (Å²) in [5, 5.41) is -1.05. The van der Waals surface area contributed by atoms with Gasteiger partial charge in [0.25, 0.3) is 0 Å². The van der Waals surface area contributed by atoms with E-state index in [4.69, 9.17) is 0 Å². The molecule has 0 aromatic carbocycles. The Kier molecular flexibility index (Phi) is 5.06. The Hall–Kier alpha value is -0.830. The van der Waals surface area contributed by atoms with E-state index in [9.17, 15) is 8.42 Å². The lowest BCUT2D eigenvalue weighted by molar-refractivity contribution is 0.426. The van der Waals surface area contributed by atoms with Gasteiger partial charge in [0.05, 0.1) is 0 Å². The fourth-order valence-corrected chi connectivity index (χ4v) is 7.19. The van der Waals surface area contributed by atoms with E-state index in [1.54, 1.807) is 0 Å². The van der Waals surface area contributed by atoms with Crippen molar-refractivity contribution in [1.82, 2.24) is 0 Å². The first-order valence-corrected chi connectivity index (χ1v) is 11.7. The quantitative estimate of drug-likeness (QED) is 0.441. The van der Waals surface area contributed by atoms with Crippen LogP contribution in [0.4, 0.5) is 0 Å². The number of fused-ring (bicyclic) bond motifs is 2. The first-order chi connectivity index (χ1) is 11.7. The van der Waals surface area contributed by atoms with Gasteiger partial charge in [0, 0.05) is 0 Å². The van der Waals surface area contributed by atoms with Crippen molar-refractivity contribution in [2.75, 3.05) is 0 Å². The molecular formula is C24H40O2S. The smallest absolute Gasteiger partial charge is 0.170 e. The molecule has 2 atom stereocenters. The Morgan fingerprint density at radius 1 is 0.556 bits per heavy atom. The highest BCUT2D eigenvalue weighted by molar-refractivity contribution is 7.93. The van der Waals surface area contributed by atoms with Crippen LogP contribution in [-0.4, -0.2) is 18.9 Å². The summed E-state index contributed by atoms with van der Waals surface area (Å²) in [4.78, 5) is 0. The second kappa shape index (κ2) is 6.08. The Morgan fingerprint density at radius 2 is 0.815 bits per heavy atom. The van der Waals surface area contributed by atoms with Gasteiger partial charge >= 0.3 is 0 Å². The van der Waals surface area contributed by atoms with E-state index in [1.807, 2.05) is 0 Å². The SMILES string of the molecule is CC(C)(C)C1=CC2C(C(C)(C)C)=C(C(C)(C)C)C(C=C1C(C)(C)C)S2(=O)=O. The number of sulfone groups is 1. The zero-order valence-electron chi connectivity index (χ0n) is 19.5. The lowest BCUT2D eigenvalue weighted by Crippen LogP contribution is -2.27. The van der Waals surface area contributed by atoms with Crippen molar-refractivity contribution in [2.24, 2.45) is 21.7 Å². The Bertz CT molecular complexity index is 757. The molecule has 0 aliphatic carbocycles. The molecule has 27 heavy (non-hydrogen) atoms. The average molecular weight is 393 g/mol. The van der Waals surface area contributed by atoms with Crippen LogP contribution in [0.15, 0.2) is 34.4 Å². The number of hydrogen-bond acceptors (Lipinski definition) is 2. The molecule has 2 aliphatic heterocycles. The average Bonchev–Trinajstić information content (AvgIpc) is 2.45. The van der Waals surface area contributed by atoms with Gasteiger partial charge in [-0.15, -0.1) is 0 Å². The molecule has 2 heterocycles. The third kappa shape index (κ3) is 3.86. The Morgan fingerprint density at radius 3 is 1.00 bits per heavy atom. The van der Waals surface area contributed by atoms with E-state index >= 15 is 0 Å². The van der Waals surface area contributed by atoms with Gasteiger partial charge in [-0.25, -0.2) is 8.42 Å². The molecule has 2 rings (SSSR count). The van der Waals surface area contributed by atoms with Crippen LogP contribution in [0.2, 0.25) is 0 Å². The number of rotatable bonds is 0. The summed E-state index contributed by atoms with van der Waals surface area (Å²) in [6.45, 7) is 26.1. The molecule has 2 unspecified atom stereocenters. The predicted octanol–water partition coefficient (Wildman–Crippen LogP) is 6.50. The van der Waals surface area contributed by atoms with Crippen LogP contribution in [-0.2, 0) is 9.84 Å². The summed E-state index contributed by atoms with van der Waals surface area (Å²) in [6, 6.07) is 0. The van der Waals surface area contributed by atoms with Crippen molar-refractivity contribution < 1.29 is 8.42 Å². The molecule has 0 aromatic rings. The first kappa shape index (κ1) is 22.5. The molecule has 0 N–H and O–H groups in total. The van der Waals surface area contributed by atoms with Gasteiger partial charge in [0.1, 0.15) is 10.5 Å². The topological polar surface area (TPSA) is 34.1 Å². The highest BCUT2D eigenvalue weighted by Crippen LogP contribution is 2.54. The van der Waals surface area contributed by atoms with Crippen LogP contribution < -0.4 is 0 Å². The minimum absolute atomic E-state index is 0.107. The molecule has 0 saturated heterocycles. The zero-order chi connectivity index (χ0) is 21.4. The van der Waals surface area contributed by atoms with Crippen LogP contribution in [0, 0.1) is 21.7 Å². The van der Waals surface area contributed by atoms with Crippen molar-refractivity contribution >= 4 is 9.84 Å². The molecule has 0 aromatic heterocycles. The molecule has 2 aliphatic rings. The van der Waals surface area contributed by atoms with E-state index in [1.165, 1.54) is 11.1 Å². The van der Waals surface area contributed by atoms with Crippen LogP contribution >= 0.6 is 0 Å². The number of allylic oxidation sites excluding steroid dienone is 2. The van der Waals surface area contributed by atoms with Crippen molar-refractivity contribution in [3.05, 3.63) is 34.4 Å². The molecule has 2 nitrogen and oxygen atoms in total. The van der Waals surface area contributed by atoms with Crippen LogP contribution in [0.1, 0.15) is 83.1 Å². The lowest BCUT2D eigenvalue weighted by atomic mass is 9.67. The zero-order valence-corrected chi connectivity index (χ0v) is 20.4. The van der Waals surface area contributed by atoms with Gasteiger partial charge in [-0.3, -0.25) is 0 Å². The highest BCUT2D eigenvalue weighted by atomic mass is 32.2. The van der Waals surface area contributed by atoms with Crippen molar-refractivity contribution in [2.45, 2.75) is 93.6 Å². The molecule has 2 bridgehead atoms. The van der Waals surface area contributed by atoms with Crippen molar-refractivity contribution in [3.63, 3.8) is 0 Å². The Labute approximate surface area is 168 Å². The lowest BCUT2D eigenvalue weighted by Gasteiger charge is -2.37. The predicted molar refractivity (Wildman–Crippen MR) is 118 cm³/mol. The second-order valence-electron chi connectivity index (χ2n) is 12.4. The van der Waals surface area contributed by atoms with Gasteiger partial charge in [0.2, 0.25) is 0 Å². The molecular weight excluding hydrogens is 352 g/mol. The fraction of sp³-hybridized carbons (Fsp3) is 0.750. The molecule has 0 spiro atoms. The summed E-state index contributed by atoms with van der Waals surface area (Å²) < 4.78 is 27.4. The maximum absolute atomic E-state index is 13.7. The molecule has 154 valence electrons.